The fourth-order valence-electron chi connectivity index (χ4n) is 1.55. The summed E-state index contributed by atoms with van der Waals surface area (Å²) in [6, 6.07) is 6.47. The summed E-state index contributed by atoms with van der Waals surface area (Å²) in [5.74, 6) is -1.25. The first kappa shape index (κ1) is 14.0. The van der Waals surface area contributed by atoms with E-state index in [1.165, 1.54) is 0 Å². The predicted molar refractivity (Wildman–Crippen MR) is 69.0 cm³/mol. The van der Waals surface area contributed by atoms with Gasteiger partial charge < -0.3 is 16.2 Å². The summed E-state index contributed by atoms with van der Waals surface area (Å²) in [5, 5.41) is 11.3. The minimum atomic E-state index is -1.00. The van der Waals surface area contributed by atoms with Crippen LogP contribution in [-0.2, 0) is 16.0 Å². The Morgan fingerprint density at radius 2 is 1.94 bits per heavy atom. The number of rotatable bonds is 6. The largest absolute Gasteiger partial charge is 0.480 e. The number of hydrogen-bond donors (Lipinski definition) is 3. The van der Waals surface area contributed by atoms with Crippen molar-refractivity contribution in [3.63, 3.8) is 0 Å². The second-order valence-electron chi connectivity index (χ2n) is 4.11. The van der Waals surface area contributed by atoms with Crippen LogP contribution in [0.1, 0.15) is 25.3 Å². The second kappa shape index (κ2) is 6.64. The highest BCUT2D eigenvalue weighted by Gasteiger charge is 2.16. The lowest BCUT2D eigenvalue weighted by molar-refractivity contribution is -0.141. The van der Waals surface area contributed by atoms with Gasteiger partial charge in [-0.2, -0.15) is 0 Å². The number of nitrogen functional groups attached to an aromatic ring is 1. The van der Waals surface area contributed by atoms with Crippen LogP contribution in [0.3, 0.4) is 0 Å². The van der Waals surface area contributed by atoms with Gasteiger partial charge in [0.15, 0.2) is 0 Å². The maximum atomic E-state index is 11.6. The Hall–Kier alpha value is -2.04. The topological polar surface area (TPSA) is 92.4 Å². The Morgan fingerprint density at radius 3 is 2.44 bits per heavy atom. The zero-order valence-electron chi connectivity index (χ0n) is 10.3. The number of carbonyl (C=O) groups is 2. The lowest BCUT2D eigenvalue weighted by atomic mass is 10.1. The van der Waals surface area contributed by atoms with Crippen molar-refractivity contribution in [3.05, 3.63) is 29.8 Å². The quantitative estimate of drug-likeness (QED) is 0.661. The van der Waals surface area contributed by atoms with Gasteiger partial charge in [0.2, 0.25) is 5.91 Å². The normalized spacial score (nSPS) is 11.8. The molecule has 1 aromatic rings. The highest BCUT2D eigenvalue weighted by Crippen LogP contribution is 2.07. The molecular weight excluding hydrogens is 232 g/mol. The molecule has 5 heteroatoms. The fraction of sp³-hybridized carbons (Fsp3) is 0.385. The SMILES string of the molecule is CC[C@H](NC(=O)CCc1ccc(N)cc1)C(=O)O. The lowest BCUT2D eigenvalue weighted by Gasteiger charge is -2.12. The molecule has 1 atom stereocenters. The van der Waals surface area contributed by atoms with E-state index in [9.17, 15) is 9.59 Å². The van der Waals surface area contributed by atoms with Gasteiger partial charge in [-0.3, -0.25) is 4.79 Å². The molecule has 4 N–H and O–H groups in total. The van der Waals surface area contributed by atoms with Crippen LogP contribution in [0.2, 0.25) is 0 Å². The number of nitrogens with one attached hydrogen (secondary N) is 1. The van der Waals surface area contributed by atoms with E-state index in [-0.39, 0.29) is 12.3 Å². The van der Waals surface area contributed by atoms with Crippen molar-refractivity contribution in [2.45, 2.75) is 32.2 Å². The van der Waals surface area contributed by atoms with Gasteiger partial charge in [-0.15, -0.1) is 0 Å². The maximum Gasteiger partial charge on any atom is 0.326 e. The molecule has 5 nitrogen and oxygen atoms in total. The molecule has 1 amide bonds. The van der Waals surface area contributed by atoms with Crippen LogP contribution in [-0.4, -0.2) is 23.0 Å². The van der Waals surface area contributed by atoms with Gasteiger partial charge in [0, 0.05) is 12.1 Å². The van der Waals surface area contributed by atoms with E-state index < -0.39 is 12.0 Å². The van der Waals surface area contributed by atoms with Crippen LogP contribution in [0.5, 0.6) is 0 Å². The van der Waals surface area contributed by atoms with Gasteiger partial charge in [-0.25, -0.2) is 4.79 Å². The number of carbonyl (C=O) groups excluding carboxylic acids is 1. The molecule has 0 heterocycles. The highest BCUT2D eigenvalue weighted by atomic mass is 16.4. The van der Waals surface area contributed by atoms with Crippen LogP contribution in [0.15, 0.2) is 24.3 Å². The van der Waals surface area contributed by atoms with Crippen LogP contribution in [0.4, 0.5) is 5.69 Å². The average molecular weight is 250 g/mol. The van der Waals surface area contributed by atoms with E-state index in [4.69, 9.17) is 10.8 Å². The van der Waals surface area contributed by atoms with E-state index >= 15 is 0 Å². The van der Waals surface area contributed by atoms with Crippen molar-refractivity contribution in [1.29, 1.82) is 0 Å². The number of aliphatic carboxylic acids is 1. The highest BCUT2D eigenvalue weighted by molar-refractivity contribution is 5.83. The molecule has 0 radical (unpaired) electrons. The number of carboxylic acid groups (broad SMARTS) is 1. The zero-order valence-corrected chi connectivity index (χ0v) is 10.3. The number of aryl methyl sites for hydroxylation is 1. The molecule has 1 aromatic carbocycles. The second-order valence-corrected chi connectivity index (χ2v) is 4.11. The molecule has 0 spiro atoms. The summed E-state index contributed by atoms with van der Waals surface area (Å²) in [5.41, 5.74) is 7.24. The van der Waals surface area contributed by atoms with Crippen LogP contribution in [0.25, 0.3) is 0 Å². The summed E-state index contributed by atoms with van der Waals surface area (Å²) in [7, 11) is 0. The Balaban J connectivity index is 2.41. The summed E-state index contributed by atoms with van der Waals surface area (Å²) < 4.78 is 0. The first-order chi connectivity index (χ1) is 8.52. The Labute approximate surface area is 106 Å². The van der Waals surface area contributed by atoms with E-state index in [2.05, 4.69) is 5.32 Å². The predicted octanol–water partition coefficient (Wildman–Crippen LogP) is 1.18. The summed E-state index contributed by atoms with van der Waals surface area (Å²) >= 11 is 0. The molecule has 0 aliphatic rings. The van der Waals surface area contributed by atoms with Gasteiger partial charge in [0.05, 0.1) is 0 Å². The van der Waals surface area contributed by atoms with Crippen molar-refractivity contribution in [2.24, 2.45) is 0 Å². The third-order valence-electron chi connectivity index (χ3n) is 2.66. The molecule has 0 fully saturated rings. The molecule has 0 bridgehead atoms. The van der Waals surface area contributed by atoms with E-state index in [0.29, 0.717) is 18.5 Å². The molecule has 18 heavy (non-hydrogen) atoms. The van der Waals surface area contributed by atoms with Crippen molar-refractivity contribution in [2.75, 3.05) is 5.73 Å². The minimum Gasteiger partial charge on any atom is -0.480 e. The summed E-state index contributed by atoms with van der Waals surface area (Å²) in [6.07, 6.45) is 1.22. The number of anilines is 1. The number of amides is 1. The third kappa shape index (κ3) is 4.45. The molecule has 0 unspecified atom stereocenters. The first-order valence-electron chi connectivity index (χ1n) is 5.89. The molecular formula is C13H18N2O3. The molecule has 0 aliphatic heterocycles. The van der Waals surface area contributed by atoms with Gasteiger partial charge in [0.1, 0.15) is 6.04 Å². The van der Waals surface area contributed by atoms with Gasteiger partial charge >= 0.3 is 5.97 Å². The molecule has 0 aliphatic carbocycles. The minimum absolute atomic E-state index is 0.249. The maximum absolute atomic E-state index is 11.6. The number of hydrogen-bond acceptors (Lipinski definition) is 3. The number of nitrogens with two attached hydrogens (primary N) is 1. The van der Waals surface area contributed by atoms with Crippen molar-refractivity contribution in [3.8, 4) is 0 Å². The number of benzene rings is 1. The molecule has 0 saturated carbocycles. The monoisotopic (exact) mass is 250 g/mol. The van der Waals surface area contributed by atoms with Crippen molar-refractivity contribution >= 4 is 17.6 Å². The fourth-order valence-corrected chi connectivity index (χ4v) is 1.55. The van der Waals surface area contributed by atoms with Gasteiger partial charge in [0.25, 0.3) is 0 Å². The molecule has 98 valence electrons. The number of carboxylic acids is 1. The average Bonchev–Trinajstić information content (AvgIpc) is 2.35. The Bertz CT molecular complexity index is 415. The van der Waals surface area contributed by atoms with Crippen LogP contribution < -0.4 is 11.1 Å². The third-order valence-corrected chi connectivity index (χ3v) is 2.66. The lowest BCUT2D eigenvalue weighted by Crippen LogP contribution is -2.40. The van der Waals surface area contributed by atoms with Crippen molar-refractivity contribution < 1.29 is 14.7 Å². The Morgan fingerprint density at radius 1 is 1.33 bits per heavy atom. The summed E-state index contributed by atoms with van der Waals surface area (Å²) in [4.78, 5) is 22.3. The van der Waals surface area contributed by atoms with Crippen LogP contribution in [0, 0.1) is 0 Å². The molecule has 1 rings (SSSR count). The summed E-state index contributed by atoms with van der Waals surface area (Å²) in [6.45, 7) is 1.72. The van der Waals surface area contributed by atoms with Gasteiger partial charge in [-0.1, -0.05) is 19.1 Å². The van der Waals surface area contributed by atoms with Gasteiger partial charge in [-0.05, 0) is 30.5 Å². The smallest absolute Gasteiger partial charge is 0.326 e. The zero-order chi connectivity index (χ0) is 13.5. The van der Waals surface area contributed by atoms with E-state index in [1.807, 2.05) is 12.1 Å². The molecule has 0 saturated heterocycles. The van der Waals surface area contributed by atoms with E-state index in [0.717, 1.165) is 5.56 Å². The Kier molecular flexibility index (Phi) is 5.17. The van der Waals surface area contributed by atoms with Crippen LogP contribution >= 0.6 is 0 Å². The van der Waals surface area contributed by atoms with E-state index in [1.54, 1.807) is 19.1 Å². The standard InChI is InChI=1S/C13H18N2O3/c1-2-11(13(17)18)15-12(16)8-5-9-3-6-10(14)7-4-9/h3-4,6-7,11H,2,5,8,14H2,1H3,(H,15,16)(H,17,18)/t11-/m0/s1. The van der Waals surface area contributed by atoms with Crippen molar-refractivity contribution in [1.82, 2.24) is 5.32 Å². The molecule has 0 aromatic heterocycles. The first-order valence-corrected chi connectivity index (χ1v) is 5.89.